The molecule has 5 rings (SSSR count). The van der Waals surface area contributed by atoms with Crippen molar-refractivity contribution in [3.63, 3.8) is 0 Å². The highest BCUT2D eigenvalue weighted by Gasteiger charge is 2.28. The van der Waals surface area contributed by atoms with Crippen LogP contribution in [0.2, 0.25) is 5.02 Å². The van der Waals surface area contributed by atoms with Gasteiger partial charge in [-0.05, 0) is 62.5 Å². The quantitative estimate of drug-likeness (QED) is 0.487. The van der Waals surface area contributed by atoms with E-state index in [2.05, 4.69) is 39.7 Å². The monoisotopic (exact) mass is 458 g/mol. The normalized spacial score (nSPS) is 17.5. The summed E-state index contributed by atoms with van der Waals surface area (Å²) in [4.78, 5) is 4.03. The van der Waals surface area contributed by atoms with Gasteiger partial charge in [0.2, 0.25) is 0 Å². The summed E-state index contributed by atoms with van der Waals surface area (Å²) in [7, 11) is 0. The number of hydrogen-bond donors (Lipinski definition) is 0. The smallest absolute Gasteiger partial charge is 0.166 e. The van der Waals surface area contributed by atoms with Crippen molar-refractivity contribution in [2.45, 2.75) is 49.3 Å². The zero-order chi connectivity index (χ0) is 20.5. The molecule has 0 saturated carbocycles. The summed E-state index contributed by atoms with van der Waals surface area (Å²) >= 11 is 9.91. The molecule has 30 heavy (non-hydrogen) atoms. The van der Waals surface area contributed by atoms with Gasteiger partial charge in [0.05, 0.1) is 4.21 Å². The van der Waals surface area contributed by atoms with Gasteiger partial charge in [-0.1, -0.05) is 30.7 Å². The highest BCUT2D eigenvalue weighted by molar-refractivity contribution is 8.01. The van der Waals surface area contributed by atoms with E-state index < -0.39 is 0 Å². The molecule has 158 valence electrons. The maximum atomic E-state index is 6.00. The topological polar surface area (TPSA) is 34.0 Å². The van der Waals surface area contributed by atoms with Gasteiger partial charge < -0.3 is 9.47 Å². The fourth-order valence-corrected chi connectivity index (χ4v) is 7.00. The second-order valence-corrected chi connectivity index (χ2v) is 11.1. The largest absolute Gasteiger partial charge is 0.310 e. The molecule has 2 aliphatic rings. The van der Waals surface area contributed by atoms with Gasteiger partial charge in [0.1, 0.15) is 5.82 Å². The van der Waals surface area contributed by atoms with Crippen molar-refractivity contribution in [2.24, 2.45) is 0 Å². The van der Waals surface area contributed by atoms with E-state index in [0.29, 0.717) is 5.92 Å². The van der Waals surface area contributed by atoms with Crippen LogP contribution >= 0.6 is 34.7 Å². The molecule has 1 saturated heterocycles. The number of rotatable bonds is 5. The van der Waals surface area contributed by atoms with Crippen molar-refractivity contribution in [3.8, 4) is 11.4 Å². The van der Waals surface area contributed by atoms with Crippen molar-refractivity contribution in [3.05, 3.63) is 51.6 Å². The molecule has 4 heterocycles. The number of nitrogens with zero attached hydrogens (tertiary/aromatic N) is 4. The van der Waals surface area contributed by atoms with Crippen molar-refractivity contribution in [2.75, 3.05) is 25.4 Å². The predicted octanol–water partition coefficient (Wildman–Crippen LogP) is 5.75. The summed E-state index contributed by atoms with van der Waals surface area (Å²) in [5, 5.41) is 10.2. The van der Waals surface area contributed by atoms with Crippen LogP contribution in [-0.4, -0.2) is 45.1 Å². The van der Waals surface area contributed by atoms with Gasteiger partial charge in [-0.25, -0.2) is 0 Å². The lowest BCUT2D eigenvalue weighted by molar-refractivity contribution is 0.210. The Hall–Kier alpha value is -1.34. The zero-order valence-corrected chi connectivity index (χ0v) is 19.7. The Balaban J connectivity index is 1.24. The average molecular weight is 459 g/mol. The average Bonchev–Trinajstić information content (AvgIpc) is 3.34. The van der Waals surface area contributed by atoms with E-state index in [9.17, 15) is 0 Å². The minimum absolute atomic E-state index is 0.522. The van der Waals surface area contributed by atoms with Gasteiger partial charge in [0, 0.05) is 40.2 Å². The minimum atomic E-state index is 0.522. The van der Waals surface area contributed by atoms with Crippen LogP contribution in [0.15, 0.2) is 34.5 Å². The Bertz CT molecular complexity index is 1000. The van der Waals surface area contributed by atoms with Crippen molar-refractivity contribution in [1.29, 1.82) is 0 Å². The molecule has 2 aromatic heterocycles. The van der Waals surface area contributed by atoms with Gasteiger partial charge in [-0.2, -0.15) is 0 Å². The first kappa shape index (κ1) is 20.6. The van der Waals surface area contributed by atoms with Crippen LogP contribution in [-0.2, 0) is 19.4 Å². The van der Waals surface area contributed by atoms with Crippen molar-refractivity contribution in [1.82, 2.24) is 19.7 Å². The minimum Gasteiger partial charge on any atom is -0.310 e. The molecule has 7 heteroatoms. The Morgan fingerprint density at radius 2 is 1.90 bits per heavy atom. The lowest BCUT2D eigenvalue weighted by Gasteiger charge is -2.31. The van der Waals surface area contributed by atoms with E-state index in [1.54, 1.807) is 0 Å². The molecule has 0 radical (unpaired) electrons. The van der Waals surface area contributed by atoms with E-state index in [0.717, 1.165) is 55.6 Å². The number of halogens is 1. The summed E-state index contributed by atoms with van der Waals surface area (Å²) in [6.07, 6.45) is 4.51. The van der Waals surface area contributed by atoms with Crippen LogP contribution in [0, 0.1) is 0 Å². The maximum Gasteiger partial charge on any atom is 0.166 e. The summed E-state index contributed by atoms with van der Waals surface area (Å²) < 4.78 is 3.83. The fraction of sp³-hybridized carbons (Fsp3) is 0.478. The number of thioether (sulfide) groups is 1. The molecule has 4 nitrogen and oxygen atoms in total. The Morgan fingerprint density at radius 1 is 1.10 bits per heavy atom. The number of thiophene rings is 1. The molecule has 1 aromatic carbocycles. The van der Waals surface area contributed by atoms with Crippen molar-refractivity contribution >= 4 is 34.7 Å². The molecule has 0 aliphatic carbocycles. The summed E-state index contributed by atoms with van der Waals surface area (Å²) in [6, 6.07) is 10.6. The predicted molar refractivity (Wildman–Crippen MR) is 127 cm³/mol. The first-order chi connectivity index (χ1) is 14.7. The number of aryl methyl sites for hydroxylation is 1. The molecule has 0 atom stereocenters. The number of likely N-dealkylation sites (tertiary alicyclic amines) is 1. The molecule has 0 unspecified atom stereocenters. The third-order valence-corrected chi connectivity index (χ3v) is 9.05. The van der Waals surface area contributed by atoms with E-state index in [4.69, 9.17) is 16.7 Å². The van der Waals surface area contributed by atoms with Crippen LogP contribution < -0.4 is 0 Å². The van der Waals surface area contributed by atoms with Crippen LogP contribution in [0.1, 0.15) is 41.9 Å². The number of hydrogen-bond acceptors (Lipinski definition) is 5. The van der Waals surface area contributed by atoms with Crippen LogP contribution in [0.25, 0.3) is 11.4 Å². The molecule has 0 amide bonds. The summed E-state index contributed by atoms with van der Waals surface area (Å²) in [6.45, 7) is 6.63. The summed E-state index contributed by atoms with van der Waals surface area (Å²) in [5.74, 6) is 3.93. The Labute approximate surface area is 191 Å². The highest BCUT2D eigenvalue weighted by atomic mass is 35.5. The molecule has 3 aromatic rings. The van der Waals surface area contributed by atoms with Gasteiger partial charge >= 0.3 is 0 Å². The highest BCUT2D eigenvalue weighted by Crippen LogP contribution is 2.42. The third kappa shape index (κ3) is 4.20. The lowest BCUT2D eigenvalue weighted by atomic mass is 9.95. The van der Waals surface area contributed by atoms with Crippen LogP contribution in [0.4, 0.5) is 0 Å². The molecule has 2 aliphatic heterocycles. The van der Waals surface area contributed by atoms with Gasteiger partial charge in [0.25, 0.3) is 0 Å². The molecule has 1 fully saturated rings. The first-order valence-electron chi connectivity index (χ1n) is 10.9. The zero-order valence-electron chi connectivity index (χ0n) is 17.3. The van der Waals surface area contributed by atoms with Crippen molar-refractivity contribution < 1.29 is 0 Å². The number of aromatic nitrogens is 3. The van der Waals surface area contributed by atoms with Crippen LogP contribution in [0.5, 0.6) is 0 Å². The van der Waals surface area contributed by atoms with E-state index in [1.165, 1.54) is 38.9 Å². The Morgan fingerprint density at radius 3 is 2.67 bits per heavy atom. The number of fused-ring (bicyclic) bond motifs is 3. The van der Waals surface area contributed by atoms with E-state index in [1.807, 2.05) is 35.2 Å². The molecular weight excluding hydrogens is 432 g/mol. The SMILES string of the molecule is CCc1cc2c(s1)SCCn1c-2nnc1C1CCN(CCc2ccc(Cl)cc2)CC1. The number of benzene rings is 1. The third-order valence-electron chi connectivity index (χ3n) is 6.25. The fourth-order valence-electron chi connectivity index (χ4n) is 4.48. The second kappa shape index (κ2) is 9.03. The Kier molecular flexibility index (Phi) is 6.19. The van der Waals surface area contributed by atoms with Gasteiger partial charge in [-0.3, -0.25) is 0 Å². The summed E-state index contributed by atoms with van der Waals surface area (Å²) in [5.41, 5.74) is 2.67. The van der Waals surface area contributed by atoms with E-state index in [-0.39, 0.29) is 0 Å². The van der Waals surface area contributed by atoms with Gasteiger partial charge in [-0.15, -0.1) is 33.3 Å². The van der Waals surface area contributed by atoms with Crippen LogP contribution in [0.3, 0.4) is 0 Å². The molecular formula is C23H27ClN4S2. The molecule has 0 spiro atoms. The maximum absolute atomic E-state index is 6.00. The first-order valence-corrected chi connectivity index (χ1v) is 13.0. The molecule has 0 N–H and O–H groups in total. The number of piperidine rings is 1. The lowest BCUT2D eigenvalue weighted by Crippen LogP contribution is -2.35. The van der Waals surface area contributed by atoms with Gasteiger partial charge in [0.15, 0.2) is 5.82 Å². The molecule has 0 bridgehead atoms. The second-order valence-electron chi connectivity index (χ2n) is 8.14. The van der Waals surface area contributed by atoms with E-state index >= 15 is 0 Å². The standard InChI is InChI=1S/C23H27ClN4S2/c1-2-19-15-20-22-26-25-21(28(22)13-14-29-23(20)30-19)17-8-11-27(12-9-17)10-7-16-3-5-18(24)6-4-16/h3-6,15,17H,2,7-14H2,1H3.